The molecule has 0 aromatic carbocycles. The molecule has 2 amide bonds. The SMILES string of the molecule is O=C(O)Cn1cc(CNC(=O)NC2CC3CCC2O3)nn1. The van der Waals surface area contributed by atoms with Gasteiger partial charge in [0.25, 0.3) is 0 Å². The molecule has 0 aliphatic carbocycles. The number of nitrogens with one attached hydrogen (secondary N) is 2. The van der Waals surface area contributed by atoms with Gasteiger partial charge in [0, 0.05) is 0 Å². The maximum atomic E-state index is 11.8. The Morgan fingerprint density at radius 3 is 3.00 bits per heavy atom. The van der Waals surface area contributed by atoms with Crippen molar-refractivity contribution in [2.75, 3.05) is 0 Å². The molecule has 9 nitrogen and oxygen atoms in total. The molecule has 3 N–H and O–H groups in total. The molecule has 114 valence electrons. The van der Waals surface area contributed by atoms with E-state index in [1.54, 1.807) is 0 Å². The number of carboxylic acids is 1. The van der Waals surface area contributed by atoms with Crippen molar-refractivity contribution < 1.29 is 19.4 Å². The van der Waals surface area contributed by atoms with E-state index in [1.165, 1.54) is 10.9 Å². The zero-order chi connectivity index (χ0) is 14.8. The molecule has 9 heteroatoms. The van der Waals surface area contributed by atoms with Crippen LogP contribution in [0.1, 0.15) is 25.0 Å². The fourth-order valence-electron chi connectivity index (χ4n) is 2.82. The number of aliphatic carboxylic acids is 1. The van der Waals surface area contributed by atoms with Gasteiger partial charge in [0.05, 0.1) is 31.0 Å². The van der Waals surface area contributed by atoms with Crippen molar-refractivity contribution in [2.45, 2.75) is 50.6 Å². The highest BCUT2D eigenvalue weighted by Gasteiger charge is 2.41. The van der Waals surface area contributed by atoms with E-state index in [1.807, 2.05) is 0 Å². The van der Waals surface area contributed by atoms with Crippen LogP contribution in [0.3, 0.4) is 0 Å². The van der Waals surface area contributed by atoms with Crippen molar-refractivity contribution in [3.8, 4) is 0 Å². The Hall–Kier alpha value is -2.16. The van der Waals surface area contributed by atoms with Gasteiger partial charge >= 0.3 is 12.0 Å². The lowest BCUT2D eigenvalue weighted by Crippen LogP contribution is -2.46. The molecule has 21 heavy (non-hydrogen) atoms. The lowest BCUT2D eigenvalue weighted by Gasteiger charge is -2.20. The first kappa shape index (κ1) is 13.8. The minimum absolute atomic E-state index is 0.0754. The van der Waals surface area contributed by atoms with Crippen LogP contribution in [0.25, 0.3) is 0 Å². The maximum absolute atomic E-state index is 11.8. The second kappa shape index (κ2) is 5.68. The first-order valence-electron chi connectivity index (χ1n) is 6.91. The smallest absolute Gasteiger partial charge is 0.325 e. The van der Waals surface area contributed by atoms with Gasteiger partial charge in [-0.05, 0) is 19.3 Å². The number of amides is 2. The number of hydrogen-bond donors (Lipinski definition) is 3. The molecular formula is C12H17N5O4. The van der Waals surface area contributed by atoms with Gasteiger partial charge in [0.1, 0.15) is 12.2 Å². The number of aromatic nitrogens is 3. The molecule has 2 aliphatic rings. The zero-order valence-electron chi connectivity index (χ0n) is 11.4. The molecule has 0 saturated carbocycles. The Morgan fingerprint density at radius 2 is 2.33 bits per heavy atom. The summed E-state index contributed by atoms with van der Waals surface area (Å²) in [4.78, 5) is 22.3. The van der Waals surface area contributed by atoms with Gasteiger partial charge in [-0.25, -0.2) is 9.48 Å². The van der Waals surface area contributed by atoms with E-state index in [0.717, 1.165) is 19.3 Å². The Labute approximate surface area is 120 Å². The predicted molar refractivity (Wildman–Crippen MR) is 69.3 cm³/mol. The normalized spacial score (nSPS) is 26.8. The Balaban J connectivity index is 1.43. The number of fused-ring (bicyclic) bond motifs is 2. The lowest BCUT2D eigenvalue weighted by atomic mass is 9.96. The van der Waals surface area contributed by atoms with Crippen LogP contribution in [0.15, 0.2) is 6.20 Å². The summed E-state index contributed by atoms with van der Waals surface area (Å²) in [6, 6.07) is -0.199. The van der Waals surface area contributed by atoms with Gasteiger partial charge in [-0.1, -0.05) is 5.21 Å². The summed E-state index contributed by atoms with van der Waals surface area (Å²) in [5, 5.41) is 21.7. The number of carbonyl (C=O) groups excluding carboxylic acids is 1. The van der Waals surface area contributed by atoms with E-state index in [4.69, 9.17) is 9.84 Å². The van der Waals surface area contributed by atoms with Crippen LogP contribution in [-0.4, -0.2) is 50.4 Å². The molecule has 1 aromatic rings. The van der Waals surface area contributed by atoms with Crippen LogP contribution >= 0.6 is 0 Å². The second-order valence-electron chi connectivity index (χ2n) is 5.34. The molecule has 0 spiro atoms. The number of ether oxygens (including phenoxy) is 1. The highest BCUT2D eigenvalue weighted by molar-refractivity contribution is 5.74. The number of rotatable bonds is 5. The Morgan fingerprint density at radius 1 is 1.48 bits per heavy atom. The third-order valence-corrected chi connectivity index (χ3v) is 3.74. The van der Waals surface area contributed by atoms with E-state index in [9.17, 15) is 9.59 Å². The average Bonchev–Trinajstić information content (AvgIpc) is 3.12. The van der Waals surface area contributed by atoms with E-state index in [0.29, 0.717) is 5.69 Å². The monoisotopic (exact) mass is 295 g/mol. The molecule has 2 fully saturated rings. The third-order valence-electron chi connectivity index (χ3n) is 3.74. The summed E-state index contributed by atoms with van der Waals surface area (Å²) in [7, 11) is 0. The molecule has 3 heterocycles. The van der Waals surface area contributed by atoms with Crippen molar-refractivity contribution in [3.05, 3.63) is 11.9 Å². The van der Waals surface area contributed by atoms with Gasteiger partial charge in [-0.2, -0.15) is 0 Å². The lowest BCUT2D eigenvalue weighted by molar-refractivity contribution is -0.137. The van der Waals surface area contributed by atoms with Gasteiger partial charge < -0.3 is 20.5 Å². The molecule has 2 aliphatic heterocycles. The predicted octanol–water partition coefficient (Wildman–Crippen LogP) is -0.518. The summed E-state index contributed by atoms with van der Waals surface area (Å²) < 4.78 is 6.87. The quantitative estimate of drug-likeness (QED) is 0.672. The van der Waals surface area contributed by atoms with Crippen LogP contribution < -0.4 is 10.6 Å². The largest absolute Gasteiger partial charge is 0.480 e. The zero-order valence-corrected chi connectivity index (χ0v) is 11.4. The van der Waals surface area contributed by atoms with Crippen LogP contribution in [-0.2, 0) is 22.6 Å². The maximum Gasteiger partial charge on any atom is 0.325 e. The molecule has 2 bridgehead atoms. The topological polar surface area (TPSA) is 118 Å². The van der Waals surface area contributed by atoms with E-state index < -0.39 is 5.97 Å². The van der Waals surface area contributed by atoms with Crippen molar-refractivity contribution in [2.24, 2.45) is 0 Å². The fraction of sp³-hybridized carbons (Fsp3) is 0.667. The summed E-state index contributed by atoms with van der Waals surface area (Å²) in [6.45, 7) is -0.0468. The van der Waals surface area contributed by atoms with Crippen LogP contribution in [0, 0.1) is 0 Å². The number of nitrogens with zero attached hydrogens (tertiary/aromatic N) is 3. The number of carboxylic acid groups (broad SMARTS) is 1. The second-order valence-corrected chi connectivity index (χ2v) is 5.34. The van der Waals surface area contributed by atoms with Crippen molar-refractivity contribution in [1.29, 1.82) is 0 Å². The van der Waals surface area contributed by atoms with E-state index >= 15 is 0 Å². The average molecular weight is 295 g/mol. The first-order valence-corrected chi connectivity index (χ1v) is 6.91. The first-order chi connectivity index (χ1) is 10.1. The summed E-state index contributed by atoms with van der Waals surface area (Å²) in [6.07, 6.45) is 4.87. The van der Waals surface area contributed by atoms with Crippen molar-refractivity contribution >= 4 is 12.0 Å². The highest BCUT2D eigenvalue weighted by atomic mass is 16.5. The molecule has 1 aromatic heterocycles. The highest BCUT2D eigenvalue weighted by Crippen LogP contribution is 2.34. The van der Waals surface area contributed by atoms with Gasteiger partial charge in [0.2, 0.25) is 0 Å². The molecule has 0 radical (unpaired) electrons. The fourth-order valence-corrected chi connectivity index (χ4v) is 2.82. The Bertz CT molecular complexity index is 546. The molecular weight excluding hydrogens is 278 g/mol. The third kappa shape index (κ3) is 3.30. The van der Waals surface area contributed by atoms with Crippen LogP contribution in [0.5, 0.6) is 0 Å². The minimum atomic E-state index is -0.992. The van der Waals surface area contributed by atoms with Crippen molar-refractivity contribution in [3.63, 3.8) is 0 Å². The number of urea groups is 1. The molecule has 3 rings (SSSR count). The molecule has 3 atom stereocenters. The standard InChI is InChI=1S/C12H17N5O4/c18-11(19)6-17-5-7(15-16-17)4-13-12(20)14-9-3-8-1-2-10(9)21-8/h5,8-10H,1-4,6H2,(H,18,19)(H2,13,14,20). The Kier molecular flexibility index (Phi) is 3.74. The summed E-state index contributed by atoms with van der Waals surface area (Å²) >= 11 is 0. The molecule has 3 unspecified atom stereocenters. The summed E-state index contributed by atoms with van der Waals surface area (Å²) in [5.74, 6) is -0.992. The van der Waals surface area contributed by atoms with E-state index in [2.05, 4.69) is 20.9 Å². The van der Waals surface area contributed by atoms with Gasteiger partial charge in [-0.3, -0.25) is 4.79 Å². The summed E-state index contributed by atoms with van der Waals surface area (Å²) in [5.41, 5.74) is 0.510. The number of hydrogen-bond acceptors (Lipinski definition) is 5. The van der Waals surface area contributed by atoms with Crippen LogP contribution in [0.4, 0.5) is 4.79 Å². The van der Waals surface area contributed by atoms with E-state index in [-0.39, 0.29) is 37.4 Å². The molecule has 2 saturated heterocycles. The van der Waals surface area contributed by atoms with Crippen LogP contribution in [0.2, 0.25) is 0 Å². The van der Waals surface area contributed by atoms with Crippen molar-refractivity contribution in [1.82, 2.24) is 25.6 Å². The minimum Gasteiger partial charge on any atom is -0.480 e. The number of carbonyl (C=O) groups is 2. The van der Waals surface area contributed by atoms with Gasteiger partial charge in [0.15, 0.2) is 0 Å². The van der Waals surface area contributed by atoms with Gasteiger partial charge in [-0.15, -0.1) is 5.10 Å².